The van der Waals surface area contributed by atoms with Gasteiger partial charge >= 0.3 is 0 Å². The van der Waals surface area contributed by atoms with Crippen LogP contribution >= 0.6 is 31.9 Å². The third-order valence-corrected chi connectivity index (χ3v) is 9.96. The molecule has 188 valence electrons. The molecule has 3 aromatic carbocycles. The van der Waals surface area contributed by atoms with Gasteiger partial charge in [0.1, 0.15) is 0 Å². The minimum atomic E-state index is -1.14. The van der Waals surface area contributed by atoms with E-state index in [4.69, 9.17) is 0 Å². The predicted molar refractivity (Wildman–Crippen MR) is 148 cm³/mol. The highest BCUT2D eigenvalue weighted by molar-refractivity contribution is 9.11. The van der Waals surface area contributed by atoms with E-state index in [2.05, 4.69) is 31.9 Å². The van der Waals surface area contributed by atoms with E-state index in [0.29, 0.717) is 20.3 Å². The molecule has 2 saturated heterocycles. The number of imide groups is 2. The van der Waals surface area contributed by atoms with E-state index in [9.17, 15) is 19.2 Å². The second-order valence-corrected chi connectivity index (χ2v) is 11.9. The lowest BCUT2D eigenvalue weighted by Gasteiger charge is -2.53. The summed E-state index contributed by atoms with van der Waals surface area (Å²) in [5, 5.41) is 0. The molecule has 4 amide bonds. The van der Waals surface area contributed by atoms with Crippen molar-refractivity contribution in [2.45, 2.75) is 5.41 Å². The van der Waals surface area contributed by atoms with Gasteiger partial charge in [0.15, 0.2) is 0 Å². The number of hydrogen-bond acceptors (Lipinski definition) is 4. The molecule has 0 N–H and O–H groups in total. The van der Waals surface area contributed by atoms with Crippen molar-refractivity contribution in [3.05, 3.63) is 106 Å². The quantitative estimate of drug-likeness (QED) is 0.292. The van der Waals surface area contributed by atoms with Gasteiger partial charge in [0.05, 0.1) is 35.0 Å². The summed E-state index contributed by atoms with van der Waals surface area (Å²) in [5.74, 6) is -5.05. The summed E-state index contributed by atoms with van der Waals surface area (Å²) in [6, 6.07) is 23.6. The predicted octanol–water partition coefficient (Wildman–Crippen LogP) is 5.26. The number of rotatable bonds is 3. The molecule has 0 spiro atoms. The lowest BCUT2D eigenvalue weighted by Crippen LogP contribution is -2.60. The first-order valence-electron chi connectivity index (χ1n) is 12.4. The molecule has 5 aliphatic rings. The lowest BCUT2D eigenvalue weighted by molar-refractivity contribution is -0.140. The summed E-state index contributed by atoms with van der Waals surface area (Å²) < 4.78 is 1.25. The second-order valence-electron chi connectivity index (χ2n) is 10.2. The lowest BCUT2D eigenvalue weighted by atomic mass is 9.45. The number of halogens is 2. The summed E-state index contributed by atoms with van der Waals surface area (Å²) in [7, 11) is 0. The van der Waals surface area contributed by atoms with E-state index in [1.807, 2.05) is 54.6 Å². The van der Waals surface area contributed by atoms with Crippen molar-refractivity contribution in [1.82, 2.24) is 0 Å². The molecule has 2 heterocycles. The maximum absolute atomic E-state index is 14.3. The fourth-order valence-electron chi connectivity index (χ4n) is 7.22. The molecule has 3 aromatic rings. The van der Waals surface area contributed by atoms with Crippen molar-refractivity contribution in [2.75, 3.05) is 9.80 Å². The minimum absolute atomic E-state index is 0.334. The summed E-state index contributed by atoms with van der Waals surface area (Å²) in [6.07, 6.45) is 3.83. The van der Waals surface area contributed by atoms with Crippen LogP contribution in [0, 0.1) is 29.6 Å². The Labute approximate surface area is 235 Å². The molecule has 3 fully saturated rings. The summed E-state index contributed by atoms with van der Waals surface area (Å²) >= 11 is 6.98. The van der Waals surface area contributed by atoms with Crippen LogP contribution in [0.5, 0.6) is 0 Å². The number of anilines is 2. The highest BCUT2D eigenvalue weighted by atomic mass is 79.9. The first-order chi connectivity index (χ1) is 18.4. The average molecular weight is 632 g/mol. The number of amides is 4. The van der Waals surface area contributed by atoms with E-state index >= 15 is 0 Å². The molecule has 2 aliphatic heterocycles. The minimum Gasteiger partial charge on any atom is -0.274 e. The zero-order valence-corrected chi connectivity index (χ0v) is 23.0. The van der Waals surface area contributed by atoms with Crippen LogP contribution in [0.2, 0.25) is 0 Å². The van der Waals surface area contributed by atoms with Gasteiger partial charge in [-0.2, -0.15) is 0 Å². The Hall–Kier alpha value is -3.36. The maximum atomic E-state index is 14.3. The van der Waals surface area contributed by atoms with Gasteiger partial charge in [-0.15, -0.1) is 0 Å². The molecule has 6 atom stereocenters. The molecular formula is C30H20Br2N2O4. The van der Waals surface area contributed by atoms with Crippen molar-refractivity contribution in [2.24, 2.45) is 29.6 Å². The molecule has 38 heavy (non-hydrogen) atoms. The van der Waals surface area contributed by atoms with Crippen LogP contribution in [0.1, 0.15) is 5.56 Å². The Morgan fingerprint density at radius 2 is 1.03 bits per heavy atom. The molecule has 6 nitrogen and oxygen atoms in total. The summed E-state index contributed by atoms with van der Waals surface area (Å²) in [4.78, 5) is 59.2. The van der Waals surface area contributed by atoms with Gasteiger partial charge in [-0.05, 0) is 61.7 Å². The largest absolute Gasteiger partial charge is 0.274 e. The fourth-order valence-corrected chi connectivity index (χ4v) is 8.14. The van der Waals surface area contributed by atoms with Crippen LogP contribution in [0.15, 0.2) is 100.0 Å². The molecule has 2 unspecified atom stereocenters. The molecule has 3 aliphatic carbocycles. The van der Waals surface area contributed by atoms with Crippen LogP contribution in [0.3, 0.4) is 0 Å². The van der Waals surface area contributed by atoms with Gasteiger partial charge < -0.3 is 0 Å². The molecule has 1 saturated carbocycles. The summed E-state index contributed by atoms with van der Waals surface area (Å²) in [5.41, 5.74) is 0.551. The molecule has 2 bridgehead atoms. The Morgan fingerprint density at radius 1 is 0.579 bits per heavy atom. The second kappa shape index (κ2) is 8.32. The van der Waals surface area contributed by atoms with E-state index in [1.165, 1.54) is 9.80 Å². The monoisotopic (exact) mass is 630 g/mol. The number of carbonyl (C=O) groups excluding carboxylic acids is 4. The third kappa shape index (κ3) is 2.87. The molecule has 0 radical (unpaired) electrons. The van der Waals surface area contributed by atoms with Crippen LogP contribution in [-0.4, -0.2) is 23.6 Å². The van der Waals surface area contributed by atoms with Gasteiger partial charge in [-0.25, -0.2) is 9.80 Å². The fraction of sp³-hybridized carbons (Fsp3) is 0.200. The standard InChI is InChI=1S/C30H20Br2N2O4/c31-18-10-4-6-12-20(18)33-26(35)22-17-14-15-30(24(22)28(33)37,16-8-2-1-3-9-16)25-23(17)27(36)34(29(25)38)21-13-7-5-11-19(21)32/h1-15,17,22-25H/t17?,22-,23+,24-,25-,30?/m1/s1. The van der Waals surface area contributed by atoms with E-state index < -0.39 is 35.0 Å². The zero-order valence-electron chi connectivity index (χ0n) is 19.8. The van der Waals surface area contributed by atoms with Crippen molar-refractivity contribution in [3.63, 3.8) is 0 Å². The van der Waals surface area contributed by atoms with Crippen molar-refractivity contribution in [3.8, 4) is 0 Å². The van der Waals surface area contributed by atoms with Crippen molar-refractivity contribution < 1.29 is 19.2 Å². The number of benzene rings is 3. The van der Waals surface area contributed by atoms with Gasteiger partial charge in [0.25, 0.3) is 0 Å². The SMILES string of the molecule is O=C1[C@@H]2C3C=CC(c4ccccc4)([C@H]2C(=O)N1c1ccccc1Br)[C@H]1C(=O)N(c2ccccc2Br)C(=O)[C@@H]31. The molecular weight excluding hydrogens is 612 g/mol. The molecule has 8 heteroatoms. The molecule has 0 aromatic heterocycles. The topological polar surface area (TPSA) is 74.8 Å². The highest BCUT2D eigenvalue weighted by Crippen LogP contribution is 2.65. The Bertz CT molecular complexity index is 1500. The van der Waals surface area contributed by atoms with Gasteiger partial charge in [0, 0.05) is 20.3 Å². The third-order valence-electron chi connectivity index (χ3n) is 8.62. The number of hydrogen-bond donors (Lipinski definition) is 0. The van der Waals surface area contributed by atoms with E-state index in [-0.39, 0.29) is 23.6 Å². The first kappa shape index (κ1) is 23.7. The van der Waals surface area contributed by atoms with Gasteiger partial charge in [-0.3, -0.25) is 19.2 Å². The Kier molecular flexibility index (Phi) is 5.20. The highest BCUT2D eigenvalue weighted by Gasteiger charge is 2.75. The van der Waals surface area contributed by atoms with Gasteiger partial charge in [0.2, 0.25) is 23.6 Å². The van der Waals surface area contributed by atoms with Crippen LogP contribution in [0.4, 0.5) is 11.4 Å². The number of nitrogens with zero attached hydrogens (tertiary/aromatic N) is 2. The van der Waals surface area contributed by atoms with Crippen molar-refractivity contribution in [1.29, 1.82) is 0 Å². The Morgan fingerprint density at radius 3 is 1.50 bits per heavy atom. The van der Waals surface area contributed by atoms with E-state index in [0.717, 1.165) is 5.56 Å². The van der Waals surface area contributed by atoms with E-state index in [1.54, 1.807) is 36.4 Å². The smallest absolute Gasteiger partial charge is 0.238 e. The maximum Gasteiger partial charge on any atom is 0.238 e. The first-order valence-corrected chi connectivity index (χ1v) is 14.0. The van der Waals surface area contributed by atoms with Crippen LogP contribution in [0.25, 0.3) is 0 Å². The number of allylic oxidation sites excluding steroid dienone is 2. The normalized spacial score (nSPS) is 31.3. The van der Waals surface area contributed by atoms with Gasteiger partial charge in [-0.1, -0.05) is 66.7 Å². The summed E-state index contributed by atoms with van der Waals surface area (Å²) in [6.45, 7) is 0. The van der Waals surface area contributed by atoms with Crippen LogP contribution in [-0.2, 0) is 24.6 Å². The van der Waals surface area contributed by atoms with Crippen LogP contribution < -0.4 is 9.80 Å². The van der Waals surface area contributed by atoms with Crippen molar-refractivity contribution >= 4 is 66.9 Å². The zero-order chi connectivity index (χ0) is 26.3. The average Bonchev–Trinajstić information content (AvgIpc) is 3.37. The number of carbonyl (C=O) groups is 4. The Balaban J connectivity index is 1.45. The number of para-hydroxylation sites is 2. The molecule has 8 rings (SSSR count).